The van der Waals surface area contributed by atoms with E-state index in [9.17, 15) is 0 Å². The molecule has 0 N–H and O–H groups in total. The standard InChI is InChI=1S/C13H17IN2/c1-4-9(3)13-10-7-6-8-11(14)12(10)15-16(13)5-2/h6-9H,4-5H2,1-3H3. The molecule has 0 saturated carbocycles. The molecule has 0 aliphatic rings. The molecule has 1 aromatic heterocycles. The van der Waals surface area contributed by atoms with Crippen molar-refractivity contribution in [2.75, 3.05) is 0 Å². The van der Waals surface area contributed by atoms with E-state index in [1.54, 1.807) is 0 Å². The van der Waals surface area contributed by atoms with Crippen LogP contribution in [0.4, 0.5) is 0 Å². The average molecular weight is 328 g/mol. The number of aromatic nitrogens is 2. The summed E-state index contributed by atoms with van der Waals surface area (Å²) < 4.78 is 3.40. The highest BCUT2D eigenvalue weighted by atomic mass is 127. The monoisotopic (exact) mass is 328 g/mol. The molecule has 1 aromatic carbocycles. The van der Waals surface area contributed by atoms with Crippen LogP contribution in [-0.2, 0) is 6.54 Å². The maximum Gasteiger partial charge on any atom is 0.106 e. The van der Waals surface area contributed by atoms with Gasteiger partial charge in [-0.2, -0.15) is 5.10 Å². The molecule has 0 fully saturated rings. The molecule has 2 nitrogen and oxygen atoms in total. The number of nitrogens with zero attached hydrogens (tertiary/aromatic N) is 2. The molecular formula is C13H17IN2. The first-order valence-corrected chi connectivity index (χ1v) is 6.91. The molecular weight excluding hydrogens is 311 g/mol. The molecule has 2 aromatic rings. The number of hydrogen-bond acceptors (Lipinski definition) is 1. The second-order valence-corrected chi connectivity index (χ2v) is 5.31. The first-order valence-electron chi connectivity index (χ1n) is 5.83. The van der Waals surface area contributed by atoms with Crippen LogP contribution in [-0.4, -0.2) is 9.78 Å². The summed E-state index contributed by atoms with van der Waals surface area (Å²) in [5.41, 5.74) is 2.54. The Balaban J connectivity index is 2.73. The molecule has 0 aliphatic carbocycles. The average Bonchev–Trinajstić information content (AvgIpc) is 2.68. The third kappa shape index (κ3) is 1.85. The van der Waals surface area contributed by atoms with E-state index in [0.717, 1.165) is 18.5 Å². The van der Waals surface area contributed by atoms with Crippen LogP contribution in [0.3, 0.4) is 0 Å². The van der Waals surface area contributed by atoms with Gasteiger partial charge in [-0.1, -0.05) is 26.0 Å². The number of benzene rings is 1. The third-order valence-corrected chi connectivity index (χ3v) is 4.01. The van der Waals surface area contributed by atoms with E-state index in [4.69, 9.17) is 5.10 Å². The zero-order valence-electron chi connectivity index (χ0n) is 10.00. The largest absolute Gasteiger partial charge is 0.268 e. The highest BCUT2D eigenvalue weighted by Crippen LogP contribution is 2.29. The number of halogens is 1. The van der Waals surface area contributed by atoms with Crippen molar-refractivity contribution in [3.63, 3.8) is 0 Å². The van der Waals surface area contributed by atoms with Crippen LogP contribution in [0.25, 0.3) is 10.9 Å². The summed E-state index contributed by atoms with van der Waals surface area (Å²) in [7, 11) is 0. The van der Waals surface area contributed by atoms with Gasteiger partial charge in [0.2, 0.25) is 0 Å². The van der Waals surface area contributed by atoms with Crippen molar-refractivity contribution in [3.05, 3.63) is 27.5 Å². The van der Waals surface area contributed by atoms with Gasteiger partial charge in [0.05, 0.1) is 0 Å². The molecule has 1 heterocycles. The molecule has 0 saturated heterocycles. The normalized spacial score (nSPS) is 13.2. The van der Waals surface area contributed by atoms with Crippen molar-refractivity contribution in [1.82, 2.24) is 9.78 Å². The predicted molar refractivity (Wildman–Crippen MR) is 76.8 cm³/mol. The molecule has 0 radical (unpaired) electrons. The van der Waals surface area contributed by atoms with Crippen molar-refractivity contribution < 1.29 is 0 Å². The van der Waals surface area contributed by atoms with Crippen LogP contribution in [0.5, 0.6) is 0 Å². The minimum Gasteiger partial charge on any atom is -0.268 e. The van der Waals surface area contributed by atoms with Crippen molar-refractivity contribution in [1.29, 1.82) is 0 Å². The Kier molecular flexibility index (Phi) is 3.52. The highest BCUT2D eigenvalue weighted by Gasteiger charge is 2.16. The Hall–Kier alpha value is -0.580. The fraction of sp³-hybridized carbons (Fsp3) is 0.462. The highest BCUT2D eigenvalue weighted by molar-refractivity contribution is 14.1. The minimum atomic E-state index is 0.572. The van der Waals surface area contributed by atoms with Crippen LogP contribution < -0.4 is 0 Å². The van der Waals surface area contributed by atoms with Crippen LogP contribution in [0.1, 0.15) is 38.8 Å². The topological polar surface area (TPSA) is 17.8 Å². The number of aryl methyl sites for hydroxylation is 1. The van der Waals surface area contributed by atoms with E-state index < -0.39 is 0 Å². The fourth-order valence-corrected chi connectivity index (χ4v) is 2.70. The molecule has 1 unspecified atom stereocenters. The first kappa shape index (κ1) is 11.9. The van der Waals surface area contributed by atoms with Gasteiger partial charge in [0.1, 0.15) is 5.52 Å². The number of fused-ring (bicyclic) bond motifs is 1. The quantitative estimate of drug-likeness (QED) is 0.773. The lowest BCUT2D eigenvalue weighted by Crippen LogP contribution is -2.05. The minimum absolute atomic E-state index is 0.572. The molecule has 1 atom stereocenters. The lowest BCUT2D eigenvalue weighted by molar-refractivity contribution is 0.580. The smallest absolute Gasteiger partial charge is 0.106 e. The SMILES string of the molecule is CCC(C)c1c2cccc(I)c2nn1CC. The van der Waals surface area contributed by atoms with Crippen molar-refractivity contribution in [2.24, 2.45) is 0 Å². The van der Waals surface area contributed by atoms with E-state index in [2.05, 4.69) is 66.2 Å². The molecule has 0 aliphatic heterocycles. The van der Waals surface area contributed by atoms with Gasteiger partial charge in [-0.15, -0.1) is 0 Å². The maximum absolute atomic E-state index is 4.71. The lowest BCUT2D eigenvalue weighted by atomic mass is 10.0. The summed E-state index contributed by atoms with van der Waals surface area (Å²) >= 11 is 2.36. The van der Waals surface area contributed by atoms with Gasteiger partial charge < -0.3 is 0 Å². The summed E-state index contributed by atoms with van der Waals surface area (Å²) in [5, 5.41) is 6.03. The first-order chi connectivity index (χ1) is 7.69. The Morgan fingerprint density at radius 2 is 2.12 bits per heavy atom. The van der Waals surface area contributed by atoms with Crippen LogP contribution >= 0.6 is 22.6 Å². The van der Waals surface area contributed by atoms with Gasteiger partial charge in [0.25, 0.3) is 0 Å². The van der Waals surface area contributed by atoms with Crippen LogP contribution in [0.2, 0.25) is 0 Å². The van der Waals surface area contributed by atoms with Gasteiger partial charge in [-0.05, 0) is 47.9 Å². The van der Waals surface area contributed by atoms with E-state index in [1.165, 1.54) is 14.7 Å². The van der Waals surface area contributed by atoms with E-state index in [1.807, 2.05) is 0 Å². The Morgan fingerprint density at radius 3 is 2.75 bits per heavy atom. The van der Waals surface area contributed by atoms with Crippen LogP contribution in [0.15, 0.2) is 18.2 Å². The Morgan fingerprint density at radius 1 is 1.38 bits per heavy atom. The van der Waals surface area contributed by atoms with Crippen molar-refractivity contribution >= 4 is 33.5 Å². The number of rotatable bonds is 3. The second-order valence-electron chi connectivity index (χ2n) is 4.15. The lowest BCUT2D eigenvalue weighted by Gasteiger charge is -2.11. The van der Waals surface area contributed by atoms with Gasteiger partial charge >= 0.3 is 0 Å². The maximum atomic E-state index is 4.71. The predicted octanol–water partition coefficient (Wildman–Crippen LogP) is 4.17. The molecule has 3 heteroatoms. The van der Waals surface area contributed by atoms with Crippen molar-refractivity contribution in [3.8, 4) is 0 Å². The summed E-state index contributed by atoms with van der Waals surface area (Å²) in [5.74, 6) is 0.572. The van der Waals surface area contributed by atoms with Gasteiger partial charge in [-0.3, -0.25) is 4.68 Å². The number of hydrogen-bond donors (Lipinski definition) is 0. The fourth-order valence-electron chi connectivity index (χ4n) is 2.09. The molecule has 2 rings (SSSR count). The summed E-state index contributed by atoms with van der Waals surface area (Å²) in [6, 6.07) is 6.44. The zero-order valence-corrected chi connectivity index (χ0v) is 12.2. The Labute approximate surface area is 110 Å². The summed E-state index contributed by atoms with van der Waals surface area (Å²) in [4.78, 5) is 0. The van der Waals surface area contributed by atoms with E-state index in [-0.39, 0.29) is 0 Å². The Bertz CT molecular complexity index is 502. The molecule has 0 amide bonds. The summed E-state index contributed by atoms with van der Waals surface area (Å²) in [6.07, 6.45) is 1.16. The van der Waals surface area contributed by atoms with E-state index in [0.29, 0.717) is 5.92 Å². The molecule has 0 spiro atoms. The molecule has 86 valence electrons. The summed E-state index contributed by atoms with van der Waals surface area (Å²) in [6.45, 7) is 7.62. The van der Waals surface area contributed by atoms with Gasteiger partial charge in [0, 0.05) is 21.2 Å². The van der Waals surface area contributed by atoms with Crippen LogP contribution in [0, 0.1) is 3.57 Å². The zero-order chi connectivity index (χ0) is 11.7. The third-order valence-electron chi connectivity index (χ3n) is 3.14. The molecule has 0 bridgehead atoms. The van der Waals surface area contributed by atoms with E-state index >= 15 is 0 Å². The van der Waals surface area contributed by atoms with Crippen molar-refractivity contribution in [2.45, 2.75) is 39.7 Å². The second kappa shape index (κ2) is 4.73. The van der Waals surface area contributed by atoms with Gasteiger partial charge in [-0.25, -0.2) is 0 Å². The molecule has 16 heavy (non-hydrogen) atoms. The van der Waals surface area contributed by atoms with Gasteiger partial charge in [0.15, 0.2) is 0 Å².